The lowest BCUT2D eigenvalue weighted by Crippen LogP contribution is -2.15. The smallest absolute Gasteiger partial charge is 0.256 e. The predicted molar refractivity (Wildman–Crippen MR) is 102 cm³/mol. The molecule has 0 unspecified atom stereocenters. The molecule has 7 heteroatoms. The van der Waals surface area contributed by atoms with Gasteiger partial charge in [0.15, 0.2) is 0 Å². The van der Waals surface area contributed by atoms with Crippen molar-refractivity contribution in [3.8, 4) is 0 Å². The molecule has 0 aromatic heterocycles. The van der Waals surface area contributed by atoms with Crippen molar-refractivity contribution >= 4 is 78.9 Å². The van der Waals surface area contributed by atoms with Crippen LogP contribution in [0.5, 0.6) is 0 Å². The average molecular weight is 496 g/mol. The summed E-state index contributed by atoms with van der Waals surface area (Å²) in [4.78, 5) is 12.6. The van der Waals surface area contributed by atoms with Gasteiger partial charge in [-0.2, -0.15) is 0 Å². The molecule has 2 rings (SSSR count). The molecule has 0 saturated heterocycles. The number of halogens is 3. The van der Waals surface area contributed by atoms with Crippen LogP contribution in [0.1, 0.15) is 15.9 Å². The zero-order valence-electron chi connectivity index (χ0n) is 10.5. The molecule has 2 aromatic rings. The van der Waals surface area contributed by atoms with Crippen molar-refractivity contribution in [1.82, 2.24) is 0 Å². The van der Waals surface area contributed by atoms with Gasteiger partial charge in [-0.05, 0) is 68.9 Å². The molecule has 3 N–H and O–H groups in total. The van der Waals surface area contributed by atoms with E-state index in [2.05, 4.69) is 43.8 Å². The fraction of sp³-hybridized carbons (Fsp3) is 0. The Kier molecular flexibility index (Phi) is 5.59. The molecule has 0 radical (unpaired) electrons. The monoisotopic (exact) mass is 494 g/mol. The van der Waals surface area contributed by atoms with Crippen LogP contribution in [0.4, 0.5) is 5.69 Å². The van der Waals surface area contributed by atoms with Gasteiger partial charge in [0.2, 0.25) is 0 Å². The number of nitrogens with one attached hydrogen (secondary N) is 1. The molecular weight excluding hydrogens is 486 g/mol. The molecule has 21 heavy (non-hydrogen) atoms. The van der Waals surface area contributed by atoms with Crippen molar-refractivity contribution in [3.63, 3.8) is 0 Å². The van der Waals surface area contributed by atoms with Crippen LogP contribution in [0.25, 0.3) is 0 Å². The minimum absolute atomic E-state index is 0.248. The van der Waals surface area contributed by atoms with Gasteiger partial charge in [0.05, 0.1) is 16.3 Å². The highest BCUT2D eigenvalue weighted by molar-refractivity contribution is 14.1. The molecule has 0 heterocycles. The van der Waals surface area contributed by atoms with Gasteiger partial charge >= 0.3 is 0 Å². The van der Waals surface area contributed by atoms with E-state index in [-0.39, 0.29) is 10.9 Å². The van der Waals surface area contributed by atoms with Crippen molar-refractivity contribution < 1.29 is 4.79 Å². The first-order valence-electron chi connectivity index (χ1n) is 5.74. The van der Waals surface area contributed by atoms with Crippen LogP contribution in [0, 0.1) is 3.57 Å². The number of amides is 1. The van der Waals surface area contributed by atoms with E-state index < -0.39 is 0 Å². The number of nitrogens with two attached hydrogens (primary N) is 1. The zero-order valence-corrected chi connectivity index (χ0v) is 15.8. The zero-order chi connectivity index (χ0) is 15.6. The molecule has 108 valence electrons. The summed E-state index contributed by atoms with van der Waals surface area (Å²) >= 11 is 16.5. The van der Waals surface area contributed by atoms with Crippen LogP contribution < -0.4 is 11.1 Å². The minimum Gasteiger partial charge on any atom is -0.389 e. The number of rotatable bonds is 3. The molecule has 0 fully saturated rings. The number of carbonyl (C=O) groups is 1. The van der Waals surface area contributed by atoms with Gasteiger partial charge in [0, 0.05) is 13.6 Å². The van der Waals surface area contributed by atoms with Gasteiger partial charge < -0.3 is 11.1 Å². The number of hydrogen-bond acceptors (Lipinski definition) is 2. The van der Waals surface area contributed by atoms with Gasteiger partial charge in [0.1, 0.15) is 4.99 Å². The summed E-state index contributed by atoms with van der Waals surface area (Å²) in [6.45, 7) is 0. The highest BCUT2D eigenvalue weighted by Gasteiger charge is 2.13. The Labute approximate surface area is 154 Å². The minimum atomic E-state index is -0.262. The van der Waals surface area contributed by atoms with E-state index in [1.165, 1.54) is 0 Å². The first-order valence-corrected chi connectivity index (χ1v) is 8.40. The lowest BCUT2D eigenvalue weighted by molar-refractivity contribution is 0.102. The van der Waals surface area contributed by atoms with Crippen molar-refractivity contribution in [2.24, 2.45) is 5.73 Å². The topological polar surface area (TPSA) is 55.1 Å². The van der Waals surface area contributed by atoms with E-state index in [1.807, 2.05) is 12.1 Å². The summed E-state index contributed by atoms with van der Waals surface area (Å²) in [6.07, 6.45) is 0. The first-order chi connectivity index (χ1) is 9.88. The molecule has 0 aliphatic rings. The number of thiocarbonyl (C=S) groups is 1. The summed E-state index contributed by atoms with van der Waals surface area (Å²) in [5, 5.41) is 3.19. The number of hydrogen-bond donors (Lipinski definition) is 2. The van der Waals surface area contributed by atoms with E-state index in [0.717, 1.165) is 3.57 Å². The Morgan fingerprint density at radius 1 is 1.29 bits per heavy atom. The first kappa shape index (κ1) is 16.7. The summed E-state index contributed by atoms with van der Waals surface area (Å²) < 4.78 is 1.67. The second kappa shape index (κ2) is 7.04. The third-order valence-corrected chi connectivity index (χ3v) is 4.60. The van der Waals surface area contributed by atoms with E-state index in [4.69, 9.17) is 29.6 Å². The van der Waals surface area contributed by atoms with Crippen molar-refractivity contribution in [2.75, 3.05) is 5.32 Å². The summed E-state index contributed by atoms with van der Waals surface area (Å²) in [5.41, 5.74) is 7.23. The van der Waals surface area contributed by atoms with Crippen molar-refractivity contribution in [3.05, 3.63) is 60.6 Å². The van der Waals surface area contributed by atoms with Crippen LogP contribution in [0.15, 0.2) is 40.9 Å². The maximum absolute atomic E-state index is 12.4. The summed E-state index contributed by atoms with van der Waals surface area (Å²) in [7, 11) is 0. The molecule has 0 atom stereocenters. The number of carbonyl (C=O) groups excluding carboxylic acids is 1. The quantitative estimate of drug-likeness (QED) is 0.484. The fourth-order valence-corrected chi connectivity index (χ4v) is 2.85. The van der Waals surface area contributed by atoms with Gasteiger partial charge in [-0.25, -0.2) is 0 Å². The molecule has 1 amide bonds. The SMILES string of the molecule is NC(=S)c1ccc(Cl)c(NC(=O)c2cc(I)ccc2Br)c1. The lowest BCUT2D eigenvalue weighted by atomic mass is 10.1. The molecule has 0 saturated carbocycles. The Hall–Kier alpha value is -0.700. The number of anilines is 1. The van der Waals surface area contributed by atoms with E-state index in [0.29, 0.717) is 26.3 Å². The van der Waals surface area contributed by atoms with Crippen molar-refractivity contribution in [2.45, 2.75) is 0 Å². The van der Waals surface area contributed by atoms with Gasteiger partial charge in [-0.15, -0.1) is 0 Å². The second-order valence-corrected chi connectivity index (χ2v) is 7.08. The molecule has 3 nitrogen and oxygen atoms in total. The van der Waals surface area contributed by atoms with Gasteiger partial charge in [0.25, 0.3) is 5.91 Å². The highest BCUT2D eigenvalue weighted by Crippen LogP contribution is 2.26. The Bertz CT molecular complexity index is 739. The molecule has 0 aliphatic carbocycles. The Balaban J connectivity index is 2.33. The van der Waals surface area contributed by atoms with Crippen LogP contribution >= 0.6 is 62.3 Å². The lowest BCUT2D eigenvalue weighted by Gasteiger charge is -2.10. The molecule has 2 aromatic carbocycles. The van der Waals surface area contributed by atoms with Crippen molar-refractivity contribution in [1.29, 1.82) is 0 Å². The van der Waals surface area contributed by atoms with E-state index >= 15 is 0 Å². The average Bonchev–Trinajstić information content (AvgIpc) is 2.43. The van der Waals surface area contributed by atoms with Crippen LogP contribution in [-0.2, 0) is 0 Å². The van der Waals surface area contributed by atoms with Gasteiger partial charge in [-0.3, -0.25) is 4.79 Å². The normalized spacial score (nSPS) is 10.2. The maximum Gasteiger partial charge on any atom is 0.256 e. The molecular formula is C14H9BrClIN2OS. The van der Waals surface area contributed by atoms with Gasteiger partial charge in [-0.1, -0.05) is 29.9 Å². The largest absolute Gasteiger partial charge is 0.389 e. The highest BCUT2D eigenvalue weighted by atomic mass is 127. The fourth-order valence-electron chi connectivity index (χ4n) is 1.64. The van der Waals surface area contributed by atoms with E-state index in [1.54, 1.807) is 24.3 Å². The van der Waals surface area contributed by atoms with Crippen LogP contribution in [-0.4, -0.2) is 10.9 Å². The molecule has 0 bridgehead atoms. The summed E-state index contributed by atoms with van der Waals surface area (Å²) in [5.74, 6) is -0.262. The predicted octanol–water partition coefficient (Wildman–Crippen LogP) is 4.59. The standard InChI is InChI=1S/C14H9BrClIN2OS/c15-10-3-2-8(17)6-9(10)14(20)19-12-5-7(13(18)21)1-4-11(12)16/h1-6H,(H2,18,21)(H,19,20). The Morgan fingerprint density at radius 2 is 2.00 bits per heavy atom. The van der Waals surface area contributed by atoms with Crippen LogP contribution in [0.2, 0.25) is 5.02 Å². The third-order valence-electron chi connectivity index (χ3n) is 2.67. The second-order valence-electron chi connectivity index (χ2n) is 4.14. The summed E-state index contributed by atoms with van der Waals surface area (Å²) in [6, 6.07) is 10.5. The van der Waals surface area contributed by atoms with E-state index in [9.17, 15) is 4.79 Å². The molecule has 0 aliphatic heterocycles. The Morgan fingerprint density at radius 3 is 2.67 bits per heavy atom. The maximum atomic E-state index is 12.4. The van der Waals surface area contributed by atoms with Crippen LogP contribution in [0.3, 0.4) is 0 Å². The third kappa shape index (κ3) is 4.15. The molecule has 0 spiro atoms. The number of benzene rings is 2.